The van der Waals surface area contributed by atoms with Gasteiger partial charge in [0.1, 0.15) is 0 Å². The molecule has 0 aromatic rings. The third-order valence-electron chi connectivity index (χ3n) is 4.19. The van der Waals surface area contributed by atoms with Crippen molar-refractivity contribution in [2.45, 2.75) is 77.5 Å². The SMILES string of the molecule is CCCCCCC(C)(CN)N1C[C@@H](C)O[C@@H](C)C1. The number of nitrogens with zero attached hydrogens (tertiary/aromatic N) is 1. The van der Waals surface area contributed by atoms with Gasteiger partial charge in [0.15, 0.2) is 0 Å². The van der Waals surface area contributed by atoms with Crippen molar-refractivity contribution < 1.29 is 4.74 Å². The van der Waals surface area contributed by atoms with Crippen molar-refractivity contribution in [1.29, 1.82) is 0 Å². The minimum absolute atomic E-state index is 0.153. The number of nitrogens with two attached hydrogens (primary N) is 1. The molecule has 0 aromatic heterocycles. The van der Waals surface area contributed by atoms with Crippen LogP contribution in [0.5, 0.6) is 0 Å². The van der Waals surface area contributed by atoms with Gasteiger partial charge in [-0.3, -0.25) is 4.90 Å². The number of rotatable bonds is 7. The summed E-state index contributed by atoms with van der Waals surface area (Å²) in [6.07, 6.45) is 7.14. The van der Waals surface area contributed by atoms with E-state index in [1.165, 1.54) is 32.1 Å². The van der Waals surface area contributed by atoms with E-state index in [1.807, 2.05) is 0 Å². The molecule has 0 amide bonds. The van der Waals surface area contributed by atoms with Gasteiger partial charge in [0.25, 0.3) is 0 Å². The molecule has 0 aliphatic carbocycles. The van der Waals surface area contributed by atoms with Gasteiger partial charge in [-0.2, -0.15) is 0 Å². The van der Waals surface area contributed by atoms with Crippen molar-refractivity contribution >= 4 is 0 Å². The van der Waals surface area contributed by atoms with E-state index in [9.17, 15) is 0 Å². The first kappa shape index (κ1) is 15.9. The molecular formula is C15H32N2O. The fraction of sp³-hybridized carbons (Fsp3) is 1.00. The molecule has 1 rings (SSSR count). The van der Waals surface area contributed by atoms with Crippen LogP contribution in [0.15, 0.2) is 0 Å². The molecule has 0 bridgehead atoms. The highest BCUT2D eigenvalue weighted by Crippen LogP contribution is 2.26. The predicted molar refractivity (Wildman–Crippen MR) is 77.8 cm³/mol. The quantitative estimate of drug-likeness (QED) is 0.712. The Morgan fingerprint density at radius 1 is 1.17 bits per heavy atom. The highest BCUT2D eigenvalue weighted by Gasteiger charge is 2.35. The summed E-state index contributed by atoms with van der Waals surface area (Å²) in [6, 6.07) is 0. The highest BCUT2D eigenvalue weighted by atomic mass is 16.5. The summed E-state index contributed by atoms with van der Waals surface area (Å²) in [5, 5.41) is 0. The molecule has 1 aliphatic heterocycles. The maximum absolute atomic E-state index is 6.06. The molecule has 3 nitrogen and oxygen atoms in total. The molecule has 18 heavy (non-hydrogen) atoms. The van der Waals surface area contributed by atoms with Crippen molar-refractivity contribution in [1.82, 2.24) is 4.90 Å². The molecule has 3 atom stereocenters. The van der Waals surface area contributed by atoms with Crippen LogP contribution in [-0.4, -0.2) is 42.3 Å². The average Bonchev–Trinajstić information content (AvgIpc) is 2.33. The zero-order chi connectivity index (χ0) is 13.6. The molecule has 1 saturated heterocycles. The highest BCUT2D eigenvalue weighted by molar-refractivity contribution is 4.91. The van der Waals surface area contributed by atoms with Gasteiger partial charge in [-0.05, 0) is 27.2 Å². The standard InChI is InChI=1S/C15H32N2O/c1-5-6-7-8-9-15(4,12-16)17-10-13(2)18-14(3)11-17/h13-14H,5-12,16H2,1-4H3/t13-,14+,15?. The van der Waals surface area contributed by atoms with Crippen LogP contribution in [0.1, 0.15) is 59.8 Å². The number of hydrogen-bond donors (Lipinski definition) is 1. The van der Waals surface area contributed by atoms with E-state index in [2.05, 4.69) is 32.6 Å². The van der Waals surface area contributed by atoms with Crippen molar-refractivity contribution in [3.63, 3.8) is 0 Å². The topological polar surface area (TPSA) is 38.5 Å². The predicted octanol–water partition coefficient (Wildman–Crippen LogP) is 2.78. The Kier molecular flexibility index (Phi) is 6.61. The summed E-state index contributed by atoms with van der Waals surface area (Å²) >= 11 is 0. The molecule has 1 fully saturated rings. The fourth-order valence-electron chi connectivity index (χ4n) is 2.94. The first-order valence-corrected chi connectivity index (χ1v) is 7.62. The Labute approximate surface area is 113 Å². The molecule has 0 saturated carbocycles. The van der Waals surface area contributed by atoms with Gasteiger partial charge in [-0.25, -0.2) is 0 Å². The third-order valence-corrected chi connectivity index (χ3v) is 4.19. The first-order chi connectivity index (χ1) is 8.51. The van der Waals surface area contributed by atoms with Gasteiger partial charge >= 0.3 is 0 Å². The van der Waals surface area contributed by atoms with Crippen LogP contribution < -0.4 is 5.73 Å². The van der Waals surface area contributed by atoms with E-state index in [0.717, 1.165) is 19.6 Å². The number of morpholine rings is 1. The van der Waals surface area contributed by atoms with Crippen LogP contribution in [0.3, 0.4) is 0 Å². The zero-order valence-electron chi connectivity index (χ0n) is 12.7. The third kappa shape index (κ3) is 4.52. The minimum atomic E-state index is 0.153. The summed E-state index contributed by atoms with van der Waals surface area (Å²) in [6.45, 7) is 11.7. The van der Waals surface area contributed by atoms with E-state index in [4.69, 9.17) is 10.5 Å². The van der Waals surface area contributed by atoms with E-state index in [1.54, 1.807) is 0 Å². The van der Waals surface area contributed by atoms with Gasteiger partial charge in [0.05, 0.1) is 12.2 Å². The molecular weight excluding hydrogens is 224 g/mol. The summed E-state index contributed by atoms with van der Waals surface area (Å²) in [4.78, 5) is 2.55. The lowest BCUT2D eigenvalue weighted by atomic mass is 9.90. The Bertz CT molecular complexity index is 225. The number of unbranched alkanes of at least 4 members (excludes halogenated alkanes) is 3. The van der Waals surface area contributed by atoms with Crippen LogP contribution >= 0.6 is 0 Å². The Morgan fingerprint density at radius 3 is 2.28 bits per heavy atom. The second-order valence-corrected chi connectivity index (χ2v) is 6.17. The van der Waals surface area contributed by atoms with Crippen molar-refractivity contribution in [3.8, 4) is 0 Å². The summed E-state index contributed by atoms with van der Waals surface area (Å²) in [7, 11) is 0. The lowest BCUT2D eigenvalue weighted by Gasteiger charge is -2.46. The Hall–Kier alpha value is -0.120. The van der Waals surface area contributed by atoms with Gasteiger partial charge in [-0.1, -0.05) is 32.6 Å². The lowest BCUT2D eigenvalue weighted by molar-refractivity contribution is -0.0991. The maximum atomic E-state index is 6.06. The van der Waals surface area contributed by atoms with Crippen molar-refractivity contribution in [3.05, 3.63) is 0 Å². The molecule has 1 aliphatic rings. The second-order valence-electron chi connectivity index (χ2n) is 6.17. The van der Waals surface area contributed by atoms with E-state index >= 15 is 0 Å². The van der Waals surface area contributed by atoms with Crippen molar-refractivity contribution in [2.24, 2.45) is 5.73 Å². The molecule has 0 radical (unpaired) electrons. The average molecular weight is 256 g/mol. The van der Waals surface area contributed by atoms with Crippen LogP contribution in [0.2, 0.25) is 0 Å². The van der Waals surface area contributed by atoms with Gasteiger partial charge in [0, 0.05) is 25.2 Å². The maximum Gasteiger partial charge on any atom is 0.0678 e. The minimum Gasteiger partial charge on any atom is -0.373 e. The molecule has 1 unspecified atom stereocenters. The monoisotopic (exact) mass is 256 g/mol. The van der Waals surface area contributed by atoms with Gasteiger partial charge in [0.2, 0.25) is 0 Å². The molecule has 1 heterocycles. The lowest BCUT2D eigenvalue weighted by Crippen LogP contribution is -2.59. The summed E-state index contributed by atoms with van der Waals surface area (Å²) in [5.41, 5.74) is 6.21. The van der Waals surface area contributed by atoms with Crippen LogP contribution in [-0.2, 0) is 4.74 Å². The van der Waals surface area contributed by atoms with Crippen LogP contribution in [0.4, 0.5) is 0 Å². The Balaban J connectivity index is 2.50. The normalized spacial score (nSPS) is 29.2. The Morgan fingerprint density at radius 2 is 1.78 bits per heavy atom. The van der Waals surface area contributed by atoms with Crippen LogP contribution in [0.25, 0.3) is 0 Å². The fourth-order valence-corrected chi connectivity index (χ4v) is 2.94. The smallest absolute Gasteiger partial charge is 0.0678 e. The van der Waals surface area contributed by atoms with Gasteiger partial charge in [-0.15, -0.1) is 0 Å². The second kappa shape index (κ2) is 7.46. The molecule has 108 valence electrons. The van der Waals surface area contributed by atoms with Crippen LogP contribution in [0, 0.1) is 0 Å². The van der Waals surface area contributed by atoms with E-state index in [-0.39, 0.29) is 5.54 Å². The van der Waals surface area contributed by atoms with E-state index in [0.29, 0.717) is 12.2 Å². The van der Waals surface area contributed by atoms with Crippen molar-refractivity contribution in [2.75, 3.05) is 19.6 Å². The molecule has 2 N–H and O–H groups in total. The summed E-state index contributed by atoms with van der Waals surface area (Å²) < 4.78 is 5.82. The summed E-state index contributed by atoms with van der Waals surface area (Å²) in [5.74, 6) is 0. The number of hydrogen-bond acceptors (Lipinski definition) is 3. The molecule has 0 aromatic carbocycles. The zero-order valence-corrected chi connectivity index (χ0v) is 12.7. The van der Waals surface area contributed by atoms with E-state index < -0.39 is 0 Å². The first-order valence-electron chi connectivity index (χ1n) is 7.62. The molecule has 0 spiro atoms. The largest absolute Gasteiger partial charge is 0.373 e. The molecule has 3 heteroatoms. The van der Waals surface area contributed by atoms with Gasteiger partial charge < -0.3 is 10.5 Å². The number of ether oxygens (including phenoxy) is 1.